The van der Waals surface area contributed by atoms with Crippen molar-refractivity contribution in [2.24, 2.45) is 0 Å². The summed E-state index contributed by atoms with van der Waals surface area (Å²) >= 11 is 0. The average molecular weight is 412 g/mol. The van der Waals surface area contributed by atoms with E-state index in [1.807, 2.05) is 18.2 Å². The van der Waals surface area contributed by atoms with E-state index in [1.165, 1.54) is 7.11 Å². The highest BCUT2D eigenvalue weighted by Crippen LogP contribution is 2.22. The number of nitrogens with one attached hydrogen (secondary N) is 3. The number of aromatic amines is 2. The molecule has 3 rings (SSSR count). The number of imidazole rings is 1. The summed E-state index contributed by atoms with van der Waals surface area (Å²) in [5.41, 5.74) is 4.24. The zero-order valence-corrected chi connectivity index (χ0v) is 17.8. The number of anilines is 1. The fraction of sp³-hybridized carbons (Fsp3) is 0.409. The Kier molecular flexibility index (Phi) is 6.89. The van der Waals surface area contributed by atoms with E-state index in [0.717, 1.165) is 36.1 Å². The third-order valence-electron chi connectivity index (χ3n) is 4.95. The molecular formula is C22H28N4O4. The highest BCUT2D eigenvalue weighted by Gasteiger charge is 2.23. The Morgan fingerprint density at radius 1 is 1.17 bits per heavy atom. The molecule has 3 N–H and O–H groups in total. The number of esters is 1. The molecule has 2 aromatic heterocycles. The van der Waals surface area contributed by atoms with Crippen molar-refractivity contribution in [3.05, 3.63) is 46.5 Å². The van der Waals surface area contributed by atoms with Gasteiger partial charge in [0, 0.05) is 24.9 Å². The lowest BCUT2D eigenvalue weighted by molar-refractivity contribution is 0.0387. The molecule has 8 nitrogen and oxygen atoms in total. The van der Waals surface area contributed by atoms with Crippen molar-refractivity contribution >= 4 is 28.6 Å². The van der Waals surface area contributed by atoms with Gasteiger partial charge >= 0.3 is 5.97 Å². The van der Waals surface area contributed by atoms with Crippen LogP contribution in [0.4, 0.5) is 5.69 Å². The van der Waals surface area contributed by atoms with Gasteiger partial charge in [-0.05, 0) is 44.0 Å². The van der Waals surface area contributed by atoms with Gasteiger partial charge in [-0.2, -0.15) is 0 Å². The molecule has 30 heavy (non-hydrogen) atoms. The normalized spacial score (nSPS) is 11.1. The third kappa shape index (κ3) is 4.71. The summed E-state index contributed by atoms with van der Waals surface area (Å²) in [6.07, 6.45) is 3.08. The SMILES string of the molecule is CCCCc1nc2ccc(NC(=O)c3[nH]c(C)c(C(=O)OCCOC)c3C)cc2[nH]1. The number of nitrogens with zero attached hydrogens (tertiary/aromatic N) is 1. The van der Waals surface area contributed by atoms with E-state index >= 15 is 0 Å². The number of ether oxygens (including phenoxy) is 2. The van der Waals surface area contributed by atoms with Crippen molar-refractivity contribution in [3.63, 3.8) is 0 Å². The van der Waals surface area contributed by atoms with Gasteiger partial charge in [-0.1, -0.05) is 13.3 Å². The van der Waals surface area contributed by atoms with Crippen molar-refractivity contribution in [2.75, 3.05) is 25.6 Å². The van der Waals surface area contributed by atoms with E-state index in [-0.39, 0.29) is 12.5 Å². The van der Waals surface area contributed by atoms with Crippen LogP contribution in [0.15, 0.2) is 18.2 Å². The Hall–Kier alpha value is -3.13. The summed E-state index contributed by atoms with van der Waals surface area (Å²) < 4.78 is 10.1. The first kappa shape index (κ1) is 21.6. The van der Waals surface area contributed by atoms with Gasteiger partial charge in [-0.15, -0.1) is 0 Å². The van der Waals surface area contributed by atoms with Gasteiger partial charge < -0.3 is 24.8 Å². The number of aryl methyl sites for hydroxylation is 2. The van der Waals surface area contributed by atoms with Gasteiger partial charge in [0.2, 0.25) is 0 Å². The van der Waals surface area contributed by atoms with Gasteiger partial charge in [0.1, 0.15) is 18.1 Å². The van der Waals surface area contributed by atoms with Gasteiger partial charge in [0.15, 0.2) is 0 Å². The Morgan fingerprint density at radius 2 is 1.97 bits per heavy atom. The van der Waals surface area contributed by atoms with Crippen LogP contribution in [0.25, 0.3) is 11.0 Å². The smallest absolute Gasteiger partial charge is 0.340 e. The number of methoxy groups -OCH3 is 1. The molecule has 0 saturated carbocycles. The number of fused-ring (bicyclic) bond motifs is 1. The summed E-state index contributed by atoms with van der Waals surface area (Å²) in [6, 6.07) is 5.55. The zero-order chi connectivity index (χ0) is 21.7. The molecule has 0 fully saturated rings. The van der Waals surface area contributed by atoms with Crippen molar-refractivity contribution in [3.8, 4) is 0 Å². The zero-order valence-electron chi connectivity index (χ0n) is 17.8. The number of aromatic nitrogens is 3. The van der Waals surface area contributed by atoms with Crippen LogP contribution in [0, 0.1) is 13.8 Å². The minimum Gasteiger partial charge on any atom is -0.460 e. The molecule has 0 atom stereocenters. The van der Waals surface area contributed by atoms with E-state index in [2.05, 4.69) is 27.2 Å². The molecule has 3 aromatic rings. The Labute approximate surface area is 175 Å². The maximum atomic E-state index is 12.8. The van der Waals surface area contributed by atoms with Gasteiger partial charge in [-0.3, -0.25) is 4.79 Å². The number of carbonyl (C=O) groups is 2. The van der Waals surface area contributed by atoms with Crippen LogP contribution in [0.2, 0.25) is 0 Å². The topological polar surface area (TPSA) is 109 Å². The Morgan fingerprint density at radius 3 is 2.70 bits per heavy atom. The number of hydrogen-bond acceptors (Lipinski definition) is 5. The van der Waals surface area contributed by atoms with Crippen LogP contribution >= 0.6 is 0 Å². The monoisotopic (exact) mass is 412 g/mol. The molecule has 1 aromatic carbocycles. The first-order chi connectivity index (χ1) is 14.4. The van der Waals surface area contributed by atoms with Gasteiger partial charge in [0.25, 0.3) is 5.91 Å². The van der Waals surface area contributed by atoms with Crippen molar-refractivity contribution in [1.29, 1.82) is 0 Å². The van der Waals surface area contributed by atoms with E-state index in [1.54, 1.807) is 13.8 Å². The van der Waals surface area contributed by atoms with Crippen LogP contribution in [-0.4, -0.2) is 47.2 Å². The molecule has 0 radical (unpaired) electrons. The molecule has 0 aliphatic heterocycles. The number of H-pyrrole nitrogens is 2. The number of unbranched alkanes of at least 4 members (excludes halogenated alkanes) is 1. The summed E-state index contributed by atoms with van der Waals surface area (Å²) in [5.74, 6) is 0.148. The standard InChI is InChI=1S/C22H28N4O4/c1-5-6-7-18-25-16-9-8-15(12-17(16)26-18)24-21(27)20-13(2)19(14(3)23-20)22(28)30-11-10-29-4/h8-9,12,23H,5-7,10-11H2,1-4H3,(H,24,27)(H,25,26). The molecule has 0 spiro atoms. The van der Waals surface area contributed by atoms with Crippen LogP contribution < -0.4 is 5.32 Å². The van der Waals surface area contributed by atoms with Crippen molar-refractivity contribution < 1.29 is 19.1 Å². The largest absolute Gasteiger partial charge is 0.460 e. The summed E-state index contributed by atoms with van der Waals surface area (Å²) in [7, 11) is 1.54. The third-order valence-corrected chi connectivity index (χ3v) is 4.95. The van der Waals surface area contributed by atoms with Crippen LogP contribution in [0.5, 0.6) is 0 Å². The van der Waals surface area contributed by atoms with Crippen LogP contribution in [0.3, 0.4) is 0 Å². The lowest BCUT2D eigenvalue weighted by atomic mass is 10.1. The van der Waals surface area contributed by atoms with Crippen LogP contribution in [-0.2, 0) is 15.9 Å². The number of amides is 1. The van der Waals surface area contributed by atoms with Crippen molar-refractivity contribution in [2.45, 2.75) is 40.0 Å². The fourth-order valence-corrected chi connectivity index (χ4v) is 3.37. The molecule has 0 aliphatic carbocycles. The lowest BCUT2D eigenvalue weighted by Gasteiger charge is -2.06. The second-order valence-electron chi connectivity index (χ2n) is 7.23. The molecular weight excluding hydrogens is 384 g/mol. The highest BCUT2D eigenvalue weighted by molar-refractivity contribution is 6.07. The first-order valence-electron chi connectivity index (χ1n) is 10.1. The summed E-state index contributed by atoms with van der Waals surface area (Å²) in [5, 5.41) is 2.89. The molecule has 0 bridgehead atoms. The lowest BCUT2D eigenvalue weighted by Crippen LogP contribution is -2.14. The highest BCUT2D eigenvalue weighted by atomic mass is 16.6. The van der Waals surface area contributed by atoms with Crippen LogP contribution in [0.1, 0.15) is 57.7 Å². The van der Waals surface area contributed by atoms with E-state index in [0.29, 0.717) is 34.8 Å². The molecule has 0 aliphatic rings. The maximum absolute atomic E-state index is 12.8. The van der Waals surface area contributed by atoms with E-state index in [9.17, 15) is 9.59 Å². The predicted octanol–water partition coefficient (Wildman–Crippen LogP) is 3.91. The van der Waals surface area contributed by atoms with E-state index < -0.39 is 5.97 Å². The summed E-state index contributed by atoms with van der Waals surface area (Å²) in [4.78, 5) is 36.0. The quantitative estimate of drug-likeness (QED) is 0.365. The number of carbonyl (C=O) groups excluding carboxylic acids is 2. The van der Waals surface area contributed by atoms with Crippen molar-refractivity contribution in [1.82, 2.24) is 15.0 Å². The second-order valence-corrected chi connectivity index (χ2v) is 7.23. The first-order valence-corrected chi connectivity index (χ1v) is 10.1. The Balaban J connectivity index is 1.75. The molecule has 0 saturated heterocycles. The molecule has 0 unspecified atom stereocenters. The fourth-order valence-electron chi connectivity index (χ4n) is 3.37. The minimum absolute atomic E-state index is 0.158. The average Bonchev–Trinajstić information content (AvgIpc) is 3.25. The van der Waals surface area contributed by atoms with Gasteiger partial charge in [-0.25, -0.2) is 9.78 Å². The Bertz CT molecular complexity index is 1050. The molecule has 8 heteroatoms. The van der Waals surface area contributed by atoms with Gasteiger partial charge in [0.05, 0.1) is 23.2 Å². The number of rotatable bonds is 9. The second kappa shape index (κ2) is 9.58. The number of benzene rings is 1. The minimum atomic E-state index is -0.476. The molecule has 160 valence electrons. The maximum Gasteiger partial charge on any atom is 0.340 e. The molecule has 2 heterocycles. The number of hydrogen-bond donors (Lipinski definition) is 3. The summed E-state index contributed by atoms with van der Waals surface area (Å²) in [6.45, 7) is 6.09. The predicted molar refractivity (Wildman–Crippen MR) is 115 cm³/mol. The van der Waals surface area contributed by atoms with E-state index in [4.69, 9.17) is 9.47 Å². The molecule has 1 amide bonds.